The van der Waals surface area contributed by atoms with Crippen molar-refractivity contribution in [2.24, 2.45) is 0 Å². The van der Waals surface area contributed by atoms with Crippen LogP contribution in [-0.2, 0) is 11.3 Å². The molecule has 1 N–H and O–H groups in total. The number of ether oxygens (including phenoxy) is 1. The zero-order valence-electron chi connectivity index (χ0n) is 12.9. The minimum absolute atomic E-state index is 0.109. The van der Waals surface area contributed by atoms with E-state index in [9.17, 15) is 4.79 Å². The Kier molecular flexibility index (Phi) is 4.93. The van der Waals surface area contributed by atoms with Gasteiger partial charge < -0.3 is 14.5 Å². The minimum Gasteiger partial charge on any atom is -0.461 e. The molecule has 0 aliphatic rings. The Morgan fingerprint density at radius 3 is 2.88 bits per heavy atom. The number of aromatic nitrogens is 3. The topological polar surface area (TPSA) is 82.2 Å². The van der Waals surface area contributed by atoms with Crippen molar-refractivity contribution in [2.75, 3.05) is 19.0 Å². The van der Waals surface area contributed by atoms with E-state index in [1.807, 2.05) is 18.2 Å². The summed E-state index contributed by atoms with van der Waals surface area (Å²) >= 11 is 6.14. The van der Waals surface area contributed by atoms with Gasteiger partial charge in [-0.15, -0.1) is 5.10 Å². The fraction of sp³-hybridized carbons (Fsp3) is 0.188. The van der Waals surface area contributed by atoms with E-state index in [4.69, 9.17) is 20.8 Å². The van der Waals surface area contributed by atoms with Gasteiger partial charge in [0, 0.05) is 18.7 Å². The highest BCUT2D eigenvalue weighted by Crippen LogP contribution is 2.20. The van der Waals surface area contributed by atoms with Gasteiger partial charge >= 0.3 is 0 Å². The number of rotatable bonds is 6. The first-order chi connectivity index (χ1) is 11.7. The monoisotopic (exact) mass is 346 g/mol. The fourth-order valence-electron chi connectivity index (χ4n) is 2.11. The number of anilines is 1. The van der Waals surface area contributed by atoms with Crippen LogP contribution in [0.15, 0.2) is 47.1 Å². The molecule has 0 unspecified atom stereocenters. The van der Waals surface area contributed by atoms with Crippen LogP contribution in [0.2, 0.25) is 5.02 Å². The average Bonchev–Trinajstić information content (AvgIpc) is 3.24. The molecule has 0 saturated heterocycles. The quantitative estimate of drug-likeness (QED) is 0.738. The van der Waals surface area contributed by atoms with Crippen molar-refractivity contribution in [1.29, 1.82) is 0 Å². The van der Waals surface area contributed by atoms with Crippen LogP contribution in [-0.4, -0.2) is 34.4 Å². The number of benzene rings is 1. The van der Waals surface area contributed by atoms with Crippen molar-refractivity contribution in [3.8, 4) is 11.6 Å². The molecule has 2 aromatic heterocycles. The van der Waals surface area contributed by atoms with E-state index < -0.39 is 0 Å². The smallest absolute Gasteiger partial charge is 0.276 e. The van der Waals surface area contributed by atoms with Crippen molar-refractivity contribution in [2.45, 2.75) is 6.54 Å². The summed E-state index contributed by atoms with van der Waals surface area (Å²) in [7, 11) is 1.44. The number of hydrogen-bond acceptors (Lipinski definition) is 6. The summed E-state index contributed by atoms with van der Waals surface area (Å²) in [5.74, 6) is 0.735. The Balaban J connectivity index is 1.87. The zero-order chi connectivity index (χ0) is 16.9. The highest BCUT2D eigenvalue weighted by Gasteiger charge is 2.18. The van der Waals surface area contributed by atoms with Crippen LogP contribution in [0.4, 0.5) is 5.95 Å². The standard InChI is InChI=1S/C16H15ClN4O3/c1-23-10-14(22)21-16(18-9-11-5-2-3-6-12(11)17)19-15(20-21)13-7-4-8-24-13/h2-8H,9-10H2,1H3,(H,18,19,20). The summed E-state index contributed by atoms with van der Waals surface area (Å²) < 4.78 is 11.3. The second kappa shape index (κ2) is 7.29. The normalized spacial score (nSPS) is 10.8. The largest absolute Gasteiger partial charge is 0.461 e. The van der Waals surface area contributed by atoms with E-state index in [-0.39, 0.29) is 12.5 Å². The molecule has 7 nitrogen and oxygen atoms in total. The number of carbonyl (C=O) groups is 1. The third-order valence-electron chi connectivity index (χ3n) is 3.25. The number of halogens is 1. The average molecular weight is 347 g/mol. The van der Waals surface area contributed by atoms with Gasteiger partial charge in [0.05, 0.1) is 6.26 Å². The van der Waals surface area contributed by atoms with Gasteiger partial charge in [0.15, 0.2) is 5.76 Å². The van der Waals surface area contributed by atoms with Crippen molar-refractivity contribution in [1.82, 2.24) is 14.8 Å². The first-order valence-electron chi connectivity index (χ1n) is 7.19. The first kappa shape index (κ1) is 16.2. The molecule has 0 spiro atoms. The van der Waals surface area contributed by atoms with Crippen molar-refractivity contribution >= 4 is 23.5 Å². The minimum atomic E-state index is -0.343. The van der Waals surface area contributed by atoms with Crippen LogP contribution >= 0.6 is 11.6 Å². The highest BCUT2D eigenvalue weighted by atomic mass is 35.5. The lowest BCUT2D eigenvalue weighted by Gasteiger charge is -2.08. The third kappa shape index (κ3) is 3.47. The number of furan rings is 1. The second-order valence-electron chi connectivity index (χ2n) is 4.92. The number of hydrogen-bond donors (Lipinski definition) is 1. The lowest BCUT2D eigenvalue weighted by molar-refractivity contribution is 0.0748. The van der Waals surface area contributed by atoms with Gasteiger partial charge in [-0.1, -0.05) is 29.8 Å². The summed E-state index contributed by atoms with van der Waals surface area (Å²) in [5.41, 5.74) is 0.882. The Morgan fingerprint density at radius 2 is 2.17 bits per heavy atom. The van der Waals surface area contributed by atoms with Crippen molar-refractivity contribution in [3.05, 3.63) is 53.2 Å². The molecule has 0 aliphatic heterocycles. The SMILES string of the molecule is COCC(=O)n1nc(-c2ccco2)nc1NCc1ccccc1Cl. The molecule has 0 amide bonds. The maximum atomic E-state index is 12.2. The molecule has 0 bridgehead atoms. The van der Waals surface area contributed by atoms with Gasteiger partial charge in [0.2, 0.25) is 11.8 Å². The van der Waals surface area contributed by atoms with Crippen LogP contribution in [0.3, 0.4) is 0 Å². The van der Waals surface area contributed by atoms with E-state index in [0.29, 0.717) is 29.1 Å². The molecule has 3 rings (SSSR count). The van der Waals surface area contributed by atoms with Crippen LogP contribution in [0.1, 0.15) is 10.4 Å². The van der Waals surface area contributed by atoms with Gasteiger partial charge in [-0.3, -0.25) is 4.79 Å². The van der Waals surface area contributed by atoms with Gasteiger partial charge in [-0.05, 0) is 23.8 Å². The van der Waals surface area contributed by atoms with E-state index in [2.05, 4.69) is 15.4 Å². The molecule has 3 aromatic rings. The predicted molar refractivity (Wildman–Crippen MR) is 89.0 cm³/mol. The third-order valence-corrected chi connectivity index (χ3v) is 3.62. The maximum absolute atomic E-state index is 12.2. The van der Waals surface area contributed by atoms with Gasteiger partial charge in [0.1, 0.15) is 6.61 Å². The number of methoxy groups -OCH3 is 1. The van der Waals surface area contributed by atoms with Crippen LogP contribution < -0.4 is 5.32 Å². The zero-order valence-corrected chi connectivity index (χ0v) is 13.7. The molecule has 0 aliphatic carbocycles. The lowest BCUT2D eigenvalue weighted by Crippen LogP contribution is -2.20. The Bertz CT molecular complexity index is 830. The molecule has 0 saturated carbocycles. The molecule has 0 radical (unpaired) electrons. The lowest BCUT2D eigenvalue weighted by atomic mass is 10.2. The molecular weight excluding hydrogens is 332 g/mol. The predicted octanol–water partition coefficient (Wildman–Crippen LogP) is 3.09. The molecular formula is C16H15ClN4O3. The Hall–Kier alpha value is -2.64. The van der Waals surface area contributed by atoms with E-state index in [1.165, 1.54) is 13.4 Å². The Morgan fingerprint density at radius 1 is 1.33 bits per heavy atom. The maximum Gasteiger partial charge on any atom is 0.276 e. The molecule has 1 aromatic carbocycles. The van der Waals surface area contributed by atoms with E-state index >= 15 is 0 Å². The second-order valence-corrected chi connectivity index (χ2v) is 5.33. The van der Waals surface area contributed by atoms with E-state index in [0.717, 1.165) is 10.2 Å². The summed E-state index contributed by atoms with van der Waals surface area (Å²) in [4.78, 5) is 16.5. The molecule has 0 atom stereocenters. The number of carbonyl (C=O) groups excluding carboxylic acids is 1. The Labute approximate surface area is 143 Å². The van der Waals surface area contributed by atoms with Crippen LogP contribution in [0.5, 0.6) is 0 Å². The molecule has 8 heteroatoms. The van der Waals surface area contributed by atoms with Crippen molar-refractivity contribution in [3.63, 3.8) is 0 Å². The van der Waals surface area contributed by atoms with Crippen molar-refractivity contribution < 1.29 is 13.9 Å². The van der Waals surface area contributed by atoms with Gasteiger partial charge in [-0.2, -0.15) is 9.67 Å². The molecule has 0 fully saturated rings. The van der Waals surface area contributed by atoms with Gasteiger partial charge in [-0.25, -0.2) is 0 Å². The summed E-state index contributed by atoms with van der Waals surface area (Å²) in [6.45, 7) is 0.290. The highest BCUT2D eigenvalue weighted by molar-refractivity contribution is 6.31. The summed E-state index contributed by atoms with van der Waals surface area (Å²) in [6, 6.07) is 10.9. The van der Waals surface area contributed by atoms with Gasteiger partial charge in [0.25, 0.3) is 5.91 Å². The molecule has 2 heterocycles. The summed E-state index contributed by atoms with van der Waals surface area (Å²) in [5, 5.41) is 7.90. The van der Waals surface area contributed by atoms with Crippen LogP contribution in [0, 0.1) is 0 Å². The summed E-state index contributed by atoms with van der Waals surface area (Å²) in [6.07, 6.45) is 1.52. The van der Waals surface area contributed by atoms with E-state index in [1.54, 1.807) is 18.2 Å². The molecule has 24 heavy (non-hydrogen) atoms. The first-order valence-corrected chi connectivity index (χ1v) is 7.57. The van der Waals surface area contributed by atoms with Crippen LogP contribution in [0.25, 0.3) is 11.6 Å². The fourth-order valence-corrected chi connectivity index (χ4v) is 2.31. The number of nitrogens with zero attached hydrogens (tertiary/aromatic N) is 3. The molecule has 124 valence electrons. The number of nitrogens with one attached hydrogen (secondary N) is 1.